The second kappa shape index (κ2) is 8.40. The van der Waals surface area contributed by atoms with Gasteiger partial charge in [0, 0.05) is 38.7 Å². The zero-order valence-corrected chi connectivity index (χ0v) is 15.0. The van der Waals surface area contributed by atoms with Gasteiger partial charge in [0.15, 0.2) is 0 Å². The maximum Gasteiger partial charge on any atom is 0.263 e. The molecule has 0 saturated carbocycles. The molecule has 5 nitrogen and oxygen atoms in total. The Labute approximate surface area is 156 Å². The average molecular weight is 365 g/mol. The molecule has 0 aliphatic heterocycles. The molecule has 0 aliphatic rings. The van der Waals surface area contributed by atoms with Gasteiger partial charge in [0.25, 0.3) is 11.5 Å². The Morgan fingerprint density at radius 3 is 2.59 bits per heavy atom. The molecule has 0 saturated heterocycles. The van der Waals surface area contributed by atoms with Gasteiger partial charge in [-0.15, -0.1) is 0 Å². The van der Waals surface area contributed by atoms with Gasteiger partial charge in [0.1, 0.15) is 11.4 Å². The molecule has 0 fully saturated rings. The van der Waals surface area contributed by atoms with Crippen molar-refractivity contribution in [3.05, 3.63) is 100.0 Å². The summed E-state index contributed by atoms with van der Waals surface area (Å²) in [6.07, 6.45) is 5.53. The smallest absolute Gasteiger partial charge is 0.263 e. The first-order valence-corrected chi connectivity index (χ1v) is 8.63. The van der Waals surface area contributed by atoms with Crippen LogP contribution in [0.25, 0.3) is 0 Å². The number of pyridine rings is 2. The Morgan fingerprint density at radius 1 is 1.11 bits per heavy atom. The van der Waals surface area contributed by atoms with E-state index in [1.165, 1.54) is 16.7 Å². The maximum absolute atomic E-state index is 13.1. The fourth-order valence-electron chi connectivity index (χ4n) is 2.81. The number of hydrogen-bond acceptors (Lipinski definition) is 3. The molecule has 0 bridgehead atoms. The lowest BCUT2D eigenvalue weighted by Crippen LogP contribution is -2.37. The van der Waals surface area contributed by atoms with Crippen LogP contribution < -0.4 is 5.56 Å². The van der Waals surface area contributed by atoms with E-state index in [0.717, 1.165) is 11.1 Å². The standard InChI is InChI=1S/C21H20FN3O2/c1-24-12-3-5-19(20(24)26)21(27)25(15-17-4-2-11-23-14-17)13-10-16-6-8-18(22)9-7-16/h2-9,11-12,14H,10,13,15H2,1H3. The number of hydrogen-bond donors (Lipinski definition) is 0. The number of amides is 1. The first-order valence-electron chi connectivity index (χ1n) is 8.63. The van der Waals surface area contributed by atoms with Crippen LogP contribution in [0.2, 0.25) is 0 Å². The van der Waals surface area contributed by atoms with Gasteiger partial charge in [-0.3, -0.25) is 14.6 Å². The number of carbonyl (C=O) groups is 1. The summed E-state index contributed by atoms with van der Waals surface area (Å²) < 4.78 is 14.5. The molecule has 0 aliphatic carbocycles. The van der Waals surface area contributed by atoms with Crippen LogP contribution in [0.3, 0.4) is 0 Å². The van der Waals surface area contributed by atoms with Crippen LogP contribution in [-0.4, -0.2) is 26.9 Å². The van der Waals surface area contributed by atoms with Gasteiger partial charge in [-0.2, -0.15) is 0 Å². The molecule has 138 valence electrons. The Bertz CT molecular complexity index is 969. The van der Waals surface area contributed by atoms with Gasteiger partial charge in [-0.05, 0) is 47.9 Å². The quantitative estimate of drug-likeness (QED) is 0.675. The molecule has 0 N–H and O–H groups in total. The fraction of sp³-hybridized carbons (Fsp3) is 0.190. The molecular formula is C21H20FN3O2. The van der Waals surface area contributed by atoms with Crippen molar-refractivity contribution in [2.24, 2.45) is 7.05 Å². The number of benzene rings is 1. The number of aryl methyl sites for hydroxylation is 1. The van der Waals surface area contributed by atoms with Gasteiger partial charge in [0.2, 0.25) is 0 Å². The number of halogens is 1. The van der Waals surface area contributed by atoms with E-state index in [9.17, 15) is 14.0 Å². The van der Waals surface area contributed by atoms with E-state index in [-0.39, 0.29) is 22.8 Å². The second-order valence-corrected chi connectivity index (χ2v) is 6.30. The van der Waals surface area contributed by atoms with Crippen molar-refractivity contribution in [1.29, 1.82) is 0 Å². The fourth-order valence-corrected chi connectivity index (χ4v) is 2.81. The third kappa shape index (κ3) is 4.67. The zero-order chi connectivity index (χ0) is 19.2. The molecule has 3 aromatic rings. The summed E-state index contributed by atoms with van der Waals surface area (Å²) in [7, 11) is 1.61. The van der Waals surface area contributed by atoms with Gasteiger partial charge < -0.3 is 9.47 Å². The van der Waals surface area contributed by atoms with Crippen molar-refractivity contribution in [1.82, 2.24) is 14.5 Å². The summed E-state index contributed by atoms with van der Waals surface area (Å²) in [6.45, 7) is 0.739. The first kappa shape index (κ1) is 18.5. The van der Waals surface area contributed by atoms with E-state index in [4.69, 9.17) is 0 Å². The van der Waals surface area contributed by atoms with Crippen LogP contribution in [0.5, 0.6) is 0 Å². The van der Waals surface area contributed by atoms with Crippen molar-refractivity contribution in [2.45, 2.75) is 13.0 Å². The molecular weight excluding hydrogens is 345 g/mol. The SMILES string of the molecule is Cn1cccc(C(=O)N(CCc2ccc(F)cc2)Cc2cccnc2)c1=O. The lowest BCUT2D eigenvalue weighted by Gasteiger charge is -2.23. The summed E-state index contributed by atoms with van der Waals surface area (Å²) in [5, 5.41) is 0. The summed E-state index contributed by atoms with van der Waals surface area (Å²) in [6, 6.07) is 13.1. The minimum Gasteiger partial charge on any atom is -0.334 e. The third-order valence-corrected chi connectivity index (χ3v) is 4.32. The maximum atomic E-state index is 13.1. The highest BCUT2D eigenvalue weighted by atomic mass is 19.1. The van der Waals surface area contributed by atoms with Crippen molar-refractivity contribution in [3.8, 4) is 0 Å². The molecule has 2 heterocycles. The highest BCUT2D eigenvalue weighted by Gasteiger charge is 2.19. The number of rotatable bonds is 6. The van der Waals surface area contributed by atoms with E-state index in [1.54, 1.807) is 60.9 Å². The monoisotopic (exact) mass is 365 g/mol. The number of nitrogens with zero attached hydrogens (tertiary/aromatic N) is 3. The van der Waals surface area contributed by atoms with Crippen LogP contribution in [0.15, 0.2) is 71.9 Å². The average Bonchev–Trinajstić information content (AvgIpc) is 2.69. The summed E-state index contributed by atoms with van der Waals surface area (Å²) in [5.41, 5.74) is 1.59. The van der Waals surface area contributed by atoms with E-state index >= 15 is 0 Å². The minimum atomic E-state index is -0.333. The van der Waals surface area contributed by atoms with Gasteiger partial charge in [0.05, 0.1) is 0 Å². The van der Waals surface area contributed by atoms with Crippen molar-refractivity contribution >= 4 is 5.91 Å². The molecule has 6 heteroatoms. The summed E-state index contributed by atoms with van der Waals surface area (Å²) in [5.74, 6) is -0.628. The Hall–Kier alpha value is -3.28. The zero-order valence-electron chi connectivity index (χ0n) is 15.0. The predicted molar refractivity (Wildman–Crippen MR) is 101 cm³/mol. The van der Waals surface area contributed by atoms with Crippen molar-refractivity contribution < 1.29 is 9.18 Å². The molecule has 0 spiro atoms. The van der Waals surface area contributed by atoms with Crippen LogP contribution in [0, 0.1) is 5.82 Å². The molecule has 2 aromatic heterocycles. The van der Waals surface area contributed by atoms with E-state index in [2.05, 4.69) is 4.98 Å². The predicted octanol–water partition coefficient (Wildman–Crippen LogP) is 2.80. The highest BCUT2D eigenvalue weighted by molar-refractivity contribution is 5.93. The number of aromatic nitrogens is 2. The highest BCUT2D eigenvalue weighted by Crippen LogP contribution is 2.10. The molecule has 0 atom stereocenters. The molecule has 1 amide bonds. The number of carbonyl (C=O) groups excluding carboxylic acids is 1. The Morgan fingerprint density at radius 2 is 1.89 bits per heavy atom. The first-order chi connectivity index (χ1) is 13.0. The van der Waals surface area contributed by atoms with Crippen LogP contribution in [0.4, 0.5) is 4.39 Å². The van der Waals surface area contributed by atoms with Crippen LogP contribution >= 0.6 is 0 Å². The van der Waals surface area contributed by atoms with E-state index in [1.807, 2.05) is 6.07 Å². The normalized spacial score (nSPS) is 10.6. The Balaban J connectivity index is 1.84. The van der Waals surface area contributed by atoms with Gasteiger partial charge in [-0.25, -0.2) is 4.39 Å². The van der Waals surface area contributed by atoms with E-state index in [0.29, 0.717) is 19.5 Å². The Kier molecular flexibility index (Phi) is 5.76. The van der Waals surface area contributed by atoms with Gasteiger partial charge in [-0.1, -0.05) is 18.2 Å². The molecule has 27 heavy (non-hydrogen) atoms. The van der Waals surface area contributed by atoms with E-state index < -0.39 is 0 Å². The minimum absolute atomic E-state index is 0.128. The van der Waals surface area contributed by atoms with Crippen LogP contribution in [-0.2, 0) is 20.0 Å². The molecule has 0 unspecified atom stereocenters. The summed E-state index contributed by atoms with van der Waals surface area (Å²) >= 11 is 0. The molecule has 0 radical (unpaired) electrons. The summed E-state index contributed by atoms with van der Waals surface area (Å²) in [4.78, 5) is 31.1. The molecule has 3 rings (SSSR count). The lowest BCUT2D eigenvalue weighted by molar-refractivity contribution is 0.0742. The lowest BCUT2D eigenvalue weighted by atomic mass is 10.1. The second-order valence-electron chi connectivity index (χ2n) is 6.30. The largest absolute Gasteiger partial charge is 0.334 e. The topological polar surface area (TPSA) is 55.2 Å². The third-order valence-electron chi connectivity index (χ3n) is 4.32. The molecule has 1 aromatic carbocycles. The van der Waals surface area contributed by atoms with Gasteiger partial charge >= 0.3 is 0 Å². The van der Waals surface area contributed by atoms with Crippen LogP contribution in [0.1, 0.15) is 21.5 Å². The van der Waals surface area contributed by atoms with Crippen molar-refractivity contribution in [3.63, 3.8) is 0 Å². The van der Waals surface area contributed by atoms with Crippen molar-refractivity contribution in [2.75, 3.05) is 6.54 Å².